The molecule has 190 valence electrons. The maximum Gasteiger partial charge on any atom is 0.410 e. The third-order valence-corrected chi connectivity index (χ3v) is 6.46. The number of carbonyl (C=O) groups is 2. The predicted molar refractivity (Wildman–Crippen MR) is 143 cm³/mol. The predicted octanol–water partition coefficient (Wildman–Crippen LogP) is 5.00. The fourth-order valence-electron chi connectivity index (χ4n) is 4.54. The molecule has 2 aromatic carbocycles. The maximum atomic E-state index is 13.4. The molecule has 37 heavy (non-hydrogen) atoms. The summed E-state index contributed by atoms with van der Waals surface area (Å²) in [4.78, 5) is 33.6. The second kappa shape index (κ2) is 9.69. The van der Waals surface area contributed by atoms with E-state index in [9.17, 15) is 9.59 Å². The van der Waals surface area contributed by atoms with E-state index in [0.717, 1.165) is 33.0 Å². The van der Waals surface area contributed by atoms with Gasteiger partial charge < -0.3 is 14.5 Å². The number of nitrogens with zero attached hydrogens (tertiary/aromatic N) is 5. The second-order valence-electron chi connectivity index (χ2n) is 10.4. The van der Waals surface area contributed by atoms with Crippen molar-refractivity contribution in [1.29, 1.82) is 0 Å². The Morgan fingerprint density at radius 2 is 1.51 bits per heavy atom. The van der Waals surface area contributed by atoms with Crippen LogP contribution in [-0.2, 0) is 11.8 Å². The van der Waals surface area contributed by atoms with Crippen molar-refractivity contribution >= 4 is 22.8 Å². The zero-order valence-electron chi connectivity index (χ0n) is 21.6. The van der Waals surface area contributed by atoms with E-state index in [1.54, 1.807) is 14.5 Å². The molecule has 4 aromatic rings. The number of piperazine rings is 1. The summed E-state index contributed by atoms with van der Waals surface area (Å²) in [5, 5.41) is 6.20. The summed E-state index contributed by atoms with van der Waals surface area (Å²) >= 11 is 0. The summed E-state index contributed by atoms with van der Waals surface area (Å²) < 4.78 is 7.25. The molecular weight excluding hydrogens is 466 g/mol. The second-order valence-corrected chi connectivity index (χ2v) is 10.4. The molecule has 8 nitrogen and oxygen atoms in total. The van der Waals surface area contributed by atoms with Crippen molar-refractivity contribution in [2.75, 3.05) is 26.2 Å². The van der Waals surface area contributed by atoms with Crippen LogP contribution < -0.4 is 0 Å². The van der Waals surface area contributed by atoms with Gasteiger partial charge in [0.15, 0.2) is 0 Å². The van der Waals surface area contributed by atoms with Crippen LogP contribution in [0.15, 0.2) is 67.3 Å². The lowest BCUT2D eigenvalue weighted by atomic mass is 9.97. The molecule has 1 aliphatic rings. The largest absolute Gasteiger partial charge is 0.444 e. The summed E-state index contributed by atoms with van der Waals surface area (Å²) in [6, 6.07) is 14.0. The standard InChI is InChI=1S/C29H31N5O3/c1-29(2,3)37-28(36)34-13-11-33(12-14-34)27(35)22-9-10-23-16-30-18-26(25(23)15-22)21-7-5-20(6-8-21)24-17-31-32(4)19-24/h5-10,15-19H,11-14H2,1-4H3. The van der Waals surface area contributed by atoms with Crippen LogP contribution in [0.4, 0.5) is 4.79 Å². The van der Waals surface area contributed by atoms with E-state index in [0.29, 0.717) is 31.7 Å². The molecule has 1 saturated heterocycles. The molecule has 0 atom stereocenters. The first kappa shape index (κ1) is 24.5. The van der Waals surface area contributed by atoms with Gasteiger partial charge in [0.05, 0.1) is 6.20 Å². The number of aromatic nitrogens is 3. The van der Waals surface area contributed by atoms with E-state index in [4.69, 9.17) is 4.74 Å². The van der Waals surface area contributed by atoms with Gasteiger partial charge in [-0.05, 0) is 49.4 Å². The first-order valence-electron chi connectivity index (χ1n) is 12.4. The van der Waals surface area contributed by atoms with E-state index in [1.165, 1.54) is 0 Å². The zero-order valence-corrected chi connectivity index (χ0v) is 21.6. The van der Waals surface area contributed by atoms with Crippen LogP contribution in [0.5, 0.6) is 0 Å². The molecule has 2 amide bonds. The average molecular weight is 498 g/mol. The number of rotatable bonds is 3. The fraction of sp³-hybridized carbons (Fsp3) is 0.310. The Balaban J connectivity index is 1.35. The highest BCUT2D eigenvalue weighted by atomic mass is 16.6. The Kier molecular flexibility index (Phi) is 6.41. The number of fused-ring (bicyclic) bond motifs is 1. The van der Waals surface area contributed by atoms with E-state index < -0.39 is 5.60 Å². The molecule has 0 aliphatic carbocycles. The van der Waals surface area contributed by atoms with Crippen molar-refractivity contribution in [3.63, 3.8) is 0 Å². The van der Waals surface area contributed by atoms with Gasteiger partial charge in [0.1, 0.15) is 5.60 Å². The Hall–Kier alpha value is -4.20. The van der Waals surface area contributed by atoms with Gasteiger partial charge in [-0.1, -0.05) is 30.3 Å². The molecule has 1 fully saturated rings. The zero-order chi connectivity index (χ0) is 26.2. The molecule has 0 saturated carbocycles. The molecule has 2 aromatic heterocycles. The highest BCUT2D eigenvalue weighted by Crippen LogP contribution is 2.31. The van der Waals surface area contributed by atoms with Gasteiger partial charge in [0.2, 0.25) is 0 Å². The van der Waals surface area contributed by atoms with Crippen LogP contribution in [0.1, 0.15) is 31.1 Å². The summed E-state index contributed by atoms with van der Waals surface area (Å²) in [7, 11) is 1.90. The van der Waals surface area contributed by atoms with Gasteiger partial charge in [0.25, 0.3) is 5.91 Å². The Bertz CT molecular complexity index is 1440. The molecule has 3 heterocycles. The Labute approximate surface area is 216 Å². The summed E-state index contributed by atoms with van der Waals surface area (Å²) in [5.74, 6) is -0.0413. The minimum Gasteiger partial charge on any atom is -0.444 e. The van der Waals surface area contributed by atoms with Crippen LogP contribution in [0.2, 0.25) is 0 Å². The molecule has 8 heteroatoms. The van der Waals surface area contributed by atoms with Crippen molar-refractivity contribution in [3.8, 4) is 22.3 Å². The average Bonchev–Trinajstić information content (AvgIpc) is 3.33. The Morgan fingerprint density at radius 1 is 0.838 bits per heavy atom. The topological polar surface area (TPSA) is 80.6 Å². The van der Waals surface area contributed by atoms with Crippen molar-refractivity contribution in [3.05, 3.63) is 72.8 Å². The molecule has 5 rings (SSSR count). The van der Waals surface area contributed by atoms with E-state index in [2.05, 4.69) is 34.3 Å². The smallest absolute Gasteiger partial charge is 0.410 e. The normalized spacial score (nSPS) is 14.2. The van der Waals surface area contributed by atoms with Gasteiger partial charge in [-0.25, -0.2) is 4.79 Å². The van der Waals surface area contributed by atoms with Crippen LogP contribution in [0.25, 0.3) is 33.0 Å². The van der Waals surface area contributed by atoms with Crippen LogP contribution in [0, 0.1) is 0 Å². The molecule has 0 unspecified atom stereocenters. The minimum absolute atomic E-state index is 0.0413. The van der Waals surface area contributed by atoms with Crippen molar-refractivity contribution in [2.24, 2.45) is 7.05 Å². The van der Waals surface area contributed by atoms with Gasteiger partial charge >= 0.3 is 6.09 Å². The molecule has 0 bridgehead atoms. The molecule has 0 radical (unpaired) electrons. The fourth-order valence-corrected chi connectivity index (χ4v) is 4.54. The lowest BCUT2D eigenvalue weighted by Crippen LogP contribution is -2.51. The van der Waals surface area contributed by atoms with Gasteiger partial charge in [-0.15, -0.1) is 0 Å². The first-order valence-corrected chi connectivity index (χ1v) is 12.4. The van der Waals surface area contributed by atoms with Crippen LogP contribution >= 0.6 is 0 Å². The number of benzene rings is 2. The third kappa shape index (κ3) is 5.33. The number of ether oxygens (including phenoxy) is 1. The monoisotopic (exact) mass is 497 g/mol. The number of hydrogen-bond acceptors (Lipinski definition) is 5. The van der Waals surface area contributed by atoms with E-state index in [1.807, 2.05) is 70.8 Å². The van der Waals surface area contributed by atoms with Crippen molar-refractivity contribution < 1.29 is 14.3 Å². The minimum atomic E-state index is -0.541. The van der Waals surface area contributed by atoms with Gasteiger partial charge in [-0.3, -0.25) is 14.5 Å². The van der Waals surface area contributed by atoms with Gasteiger partial charge in [-0.2, -0.15) is 5.10 Å². The van der Waals surface area contributed by atoms with Crippen molar-refractivity contribution in [2.45, 2.75) is 26.4 Å². The van der Waals surface area contributed by atoms with E-state index in [-0.39, 0.29) is 12.0 Å². The lowest BCUT2D eigenvalue weighted by Gasteiger charge is -2.35. The molecule has 0 N–H and O–H groups in total. The van der Waals surface area contributed by atoms with Crippen molar-refractivity contribution in [1.82, 2.24) is 24.6 Å². The first-order chi connectivity index (χ1) is 17.7. The SMILES string of the molecule is Cn1cc(-c2ccc(-c3cncc4ccc(C(=O)N5CCN(C(=O)OC(C)(C)C)CC5)cc34)cc2)cn1. The summed E-state index contributed by atoms with van der Waals surface area (Å²) in [6.07, 6.45) is 7.16. The molecule has 1 aliphatic heterocycles. The maximum absolute atomic E-state index is 13.4. The lowest BCUT2D eigenvalue weighted by molar-refractivity contribution is 0.0141. The highest BCUT2D eigenvalue weighted by molar-refractivity contribution is 6.03. The summed E-state index contributed by atoms with van der Waals surface area (Å²) in [6.45, 7) is 7.39. The molecule has 0 spiro atoms. The summed E-state index contributed by atoms with van der Waals surface area (Å²) in [5.41, 5.74) is 4.23. The number of pyridine rings is 1. The van der Waals surface area contributed by atoms with Crippen LogP contribution in [0.3, 0.4) is 0 Å². The Morgan fingerprint density at radius 3 is 2.16 bits per heavy atom. The number of hydrogen-bond donors (Lipinski definition) is 0. The third-order valence-electron chi connectivity index (χ3n) is 6.46. The van der Waals surface area contributed by atoms with Crippen LogP contribution in [-0.4, -0.2) is 68.3 Å². The number of amides is 2. The quantitative estimate of drug-likeness (QED) is 0.398. The number of aryl methyl sites for hydroxylation is 1. The number of carbonyl (C=O) groups excluding carboxylic acids is 2. The van der Waals surface area contributed by atoms with E-state index >= 15 is 0 Å². The highest BCUT2D eigenvalue weighted by Gasteiger charge is 2.28. The van der Waals surface area contributed by atoms with Gasteiger partial charge in [0, 0.05) is 73.9 Å². The molecular formula is C29H31N5O3.